The smallest absolute Gasteiger partial charge is 0.0876 e. The van der Waals surface area contributed by atoms with Crippen LogP contribution in [0.2, 0.25) is 0 Å². The highest BCUT2D eigenvalue weighted by Crippen LogP contribution is 2.40. The Morgan fingerprint density at radius 1 is 1.43 bits per heavy atom. The van der Waals surface area contributed by atoms with Crippen molar-refractivity contribution in [3.8, 4) is 0 Å². The van der Waals surface area contributed by atoms with Crippen molar-refractivity contribution in [1.29, 1.82) is 0 Å². The van der Waals surface area contributed by atoms with Gasteiger partial charge in [-0.1, -0.05) is 46.3 Å². The van der Waals surface area contributed by atoms with Gasteiger partial charge >= 0.3 is 0 Å². The second kappa shape index (κ2) is 4.06. The van der Waals surface area contributed by atoms with Gasteiger partial charge in [0.15, 0.2) is 0 Å². The summed E-state index contributed by atoms with van der Waals surface area (Å²) in [7, 11) is 0. The molecule has 0 aromatic heterocycles. The van der Waals surface area contributed by atoms with Gasteiger partial charge in [-0.05, 0) is 30.6 Å². The number of rotatable bonds is 2. The molecule has 1 aliphatic carbocycles. The van der Waals surface area contributed by atoms with E-state index in [0.29, 0.717) is 5.92 Å². The summed E-state index contributed by atoms with van der Waals surface area (Å²) < 4.78 is 0. The highest BCUT2D eigenvalue weighted by Gasteiger charge is 2.39. The van der Waals surface area contributed by atoms with E-state index in [-0.39, 0.29) is 5.41 Å². The highest BCUT2D eigenvalue weighted by atomic mass is 16.3. The van der Waals surface area contributed by atoms with Crippen LogP contribution >= 0.6 is 0 Å². The van der Waals surface area contributed by atoms with Crippen LogP contribution in [0.3, 0.4) is 0 Å². The van der Waals surface area contributed by atoms with Crippen molar-refractivity contribution in [3.63, 3.8) is 0 Å². The molecule has 0 spiro atoms. The van der Waals surface area contributed by atoms with Gasteiger partial charge in [0, 0.05) is 0 Å². The maximum atomic E-state index is 10.4. The summed E-state index contributed by atoms with van der Waals surface area (Å²) in [5, 5.41) is 10.4. The average molecular weight is 196 g/mol. The zero-order chi connectivity index (χ0) is 10.8. The lowest BCUT2D eigenvalue weighted by Gasteiger charge is -2.41. The molecular formula is C13H24O. The third-order valence-corrected chi connectivity index (χ3v) is 3.50. The molecule has 1 nitrogen and oxygen atoms in total. The quantitative estimate of drug-likeness (QED) is 0.670. The minimum Gasteiger partial charge on any atom is -0.385 e. The molecule has 0 aromatic rings. The minimum atomic E-state index is -0.586. The first-order valence-electron chi connectivity index (χ1n) is 5.81. The molecule has 82 valence electrons. The Bertz CT molecular complexity index is 212. The lowest BCUT2D eigenvalue weighted by atomic mass is 9.69. The Morgan fingerprint density at radius 2 is 2.07 bits per heavy atom. The number of hydrogen-bond donors (Lipinski definition) is 1. The fourth-order valence-electron chi connectivity index (χ4n) is 2.12. The van der Waals surface area contributed by atoms with E-state index in [9.17, 15) is 5.11 Å². The molecule has 0 aliphatic heterocycles. The maximum Gasteiger partial charge on any atom is 0.0876 e. The largest absolute Gasteiger partial charge is 0.385 e. The van der Waals surface area contributed by atoms with Crippen molar-refractivity contribution >= 4 is 0 Å². The standard InChI is InChI=1S/C13H24O/c1-5-6-11-7-9-13(14,10-8-11)12(2,3)4/h7,9,11,14H,5-6,8,10H2,1-4H3. The average Bonchev–Trinajstić information content (AvgIpc) is 2.08. The molecule has 14 heavy (non-hydrogen) atoms. The summed E-state index contributed by atoms with van der Waals surface area (Å²) in [6.45, 7) is 8.55. The van der Waals surface area contributed by atoms with E-state index in [0.717, 1.165) is 12.8 Å². The fourth-order valence-corrected chi connectivity index (χ4v) is 2.12. The maximum absolute atomic E-state index is 10.4. The van der Waals surface area contributed by atoms with Gasteiger partial charge in [-0.15, -0.1) is 0 Å². The molecule has 2 unspecified atom stereocenters. The first-order chi connectivity index (χ1) is 6.39. The van der Waals surface area contributed by atoms with E-state index in [1.165, 1.54) is 12.8 Å². The molecule has 0 fully saturated rings. The van der Waals surface area contributed by atoms with Gasteiger partial charge in [-0.2, -0.15) is 0 Å². The number of aliphatic hydroxyl groups is 1. The van der Waals surface area contributed by atoms with Crippen LogP contribution in [0.1, 0.15) is 53.4 Å². The third-order valence-electron chi connectivity index (χ3n) is 3.50. The zero-order valence-corrected chi connectivity index (χ0v) is 10.0. The second-order valence-corrected chi connectivity index (χ2v) is 5.62. The van der Waals surface area contributed by atoms with E-state index in [1.54, 1.807) is 0 Å². The first kappa shape index (κ1) is 11.8. The van der Waals surface area contributed by atoms with Crippen molar-refractivity contribution < 1.29 is 5.11 Å². The minimum absolute atomic E-state index is 0.0410. The molecule has 1 N–H and O–H groups in total. The normalized spacial score (nSPS) is 33.4. The summed E-state index contributed by atoms with van der Waals surface area (Å²) in [6.07, 6.45) is 8.81. The van der Waals surface area contributed by atoms with Crippen LogP contribution in [-0.2, 0) is 0 Å². The summed E-state index contributed by atoms with van der Waals surface area (Å²) in [4.78, 5) is 0. The summed E-state index contributed by atoms with van der Waals surface area (Å²) >= 11 is 0. The van der Waals surface area contributed by atoms with Gasteiger partial charge in [0.1, 0.15) is 0 Å². The monoisotopic (exact) mass is 196 g/mol. The van der Waals surface area contributed by atoms with Gasteiger partial charge in [-0.3, -0.25) is 0 Å². The molecule has 0 saturated heterocycles. The topological polar surface area (TPSA) is 20.2 Å². The second-order valence-electron chi connectivity index (χ2n) is 5.62. The molecular weight excluding hydrogens is 172 g/mol. The Balaban J connectivity index is 2.67. The van der Waals surface area contributed by atoms with Gasteiger partial charge in [0.25, 0.3) is 0 Å². The third kappa shape index (κ3) is 2.38. The molecule has 2 atom stereocenters. The summed E-state index contributed by atoms with van der Waals surface area (Å²) in [6, 6.07) is 0. The van der Waals surface area contributed by atoms with E-state index < -0.39 is 5.60 Å². The van der Waals surface area contributed by atoms with Crippen LogP contribution in [-0.4, -0.2) is 10.7 Å². The Labute approximate surface area is 88.2 Å². The molecule has 0 bridgehead atoms. The van der Waals surface area contributed by atoms with Crippen LogP contribution in [0.5, 0.6) is 0 Å². The van der Waals surface area contributed by atoms with Gasteiger partial charge < -0.3 is 5.11 Å². The highest BCUT2D eigenvalue weighted by molar-refractivity contribution is 5.12. The van der Waals surface area contributed by atoms with Crippen molar-refractivity contribution in [2.45, 2.75) is 59.0 Å². The molecule has 0 heterocycles. The first-order valence-corrected chi connectivity index (χ1v) is 5.81. The van der Waals surface area contributed by atoms with Crippen LogP contribution < -0.4 is 0 Å². The van der Waals surface area contributed by atoms with Gasteiger partial charge in [0.2, 0.25) is 0 Å². The van der Waals surface area contributed by atoms with Crippen molar-refractivity contribution in [3.05, 3.63) is 12.2 Å². The SMILES string of the molecule is CCCC1C=CC(O)(C(C)(C)C)CC1. The van der Waals surface area contributed by atoms with Gasteiger partial charge in [-0.25, -0.2) is 0 Å². The molecule has 1 aliphatic rings. The van der Waals surface area contributed by atoms with Crippen molar-refractivity contribution in [2.75, 3.05) is 0 Å². The van der Waals surface area contributed by atoms with E-state index >= 15 is 0 Å². The van der Waals surface area contributed by atoms with Gasteiger partial charge in [0.05, 0.1) is 5.60 Å². The van der Waals surface area contributed by atoms with Crippen molar-refractivity contribution in [1.82, 2.24) is 0 Å². The van der Waals surface area contributed by atoms with E-state index in [4.69, 9.17) is 0 Å². The molecule has 0 amide bonds. The molecule has 0 radical (unpaired) electrons. The predicted octanol–water partition coefficient (Wildman–Crippen LogP) is 3.53. The van der Waals surface area contributed by atoms with Crippen LogP contribution in [0.25, 0.3) is 0 Å². The Hall–Kier alpha value is -0.300. The molecule has 1 rings (SSSR count). The molecule has 0 saturated carbocycles. The van der Waals surface area contributed by atoms with E-state index in [1.807, 2.05) is 6.08 Å². The lowest BCUT2D eigenvalue weighted by Crippen LogP contribution is -2.42. The zero-order valence-electron chi connectivity index (χ0n) is 10.0. The predicted molar refractivity (Wildman–Crippen MR) is 61.2 cm³/mol. The van der Waals surface area contributed by atoms with Crippen LogP contribution in [0, 0.1) is 11.3 Å². The summed E-state index contributed by atoms with van der Waals surface area (Å²) in [5.41, 5.74) is -0.627. The van der Waals surface area contributed by atoms with Crippen LogP contribution in [0.4, 0.5) is 0 Å². The number of hydrogen-bond acceptors (Lipinski definition) is 1. The summed E-state index contributed by atoms with van der Waals surface area (Å²) in [5.74, 6) is 0.697. The lowest BCUT2D eigenvalue weighted by molar-refractivity contribution is -0.0296. The van der Waals surface area contributed by atoms with Crippen LogP contribution in [0.15, 0.2) is 12.2 Å². The Morgan fingerprint density at radius 3 is 2.43 bits per heavy atom. The number of allylic oxidation sites excluding steroid dienone is 1. The van der Waals surface area contributed by atoms with Crippen molar-refractivity contribution in [2.24, 2.45) is 11.3 Å². The van der Waals surface area contributed by atoms with E-state index in [2.05, 4.69) is 33.8 Å². The molecule has 1 heteroatoms. The Kier molecular flexibility index (Phi) is 3.41. The fraction of sp³-hybridized carbons (Fsp3) is 0.846. The molecule has 0 aromatic carbocycles.